The van der Waals surface area contributed by atoms with Crippen molar-refractivity contribution in [2.75, 3.05) is 43.4 Å². The summed E-state index contributed by atoms with van der Waals surface area (Å²) in [7, 11) is 2.11. The minimum atomic E-state index is -0.251. The van der Waals surface area contributed by atoms with Crippen molar-refractivity contribution < 1.29 is 9.32 Å². The Morgan fingerprint density at radius 1 is 1.00 bits per heavy atom. The summed E-state index contributed by atoms with van der Waals surface area (Å²) in [6, 6.07) is 0. The molecule has 134 valence electrons. The number of anilines is 2. The van der Waals surface area contributed by atoms with Crippen molar-refractivity contribution >= 4 is 17.5 Å². The number of carbonyl (C=O) groups is 1. The minimum absolute atomic E-state index is 0.251. The largest absolute Gasteiger partial charge is 0.361 e. The predicted molar refractivity (Wildman–Crippen MR) is 95.1 cm³/mol. The zero-order chi connectivity index (χ0) is 18.1. The molecule has 0 spiro atoms. The number of aromatic nitrogens is 3. The van der Waals surface area contributed by atoms with Gasteiger partial charge < -0.3 is 19.6 Å². The van der Waals surface area contributed by atoms with E-state index in [4.69, 9.17) is 4.52 Å². The molecule has 3 heterocycles. The normalized spacial score (nSPS) is 15.5. The van der Waals surface area contributed by atoms with Gasteiger partial charge in [0.05, 0.1) is 22.8 Å². The Labute approximate surface area is 147 Å². The van der Waals surface area contributed by atoms with Crippen LogP contribution >= 0.6 is 0 Å². The highest BCUT2D eigenvalue weighted by Crippen LogP contribution is 2.23. The van der Waals surface area contributed by atoms with Crippen molar-refractivity contribution in [1.29, 1.82) is 0 Å². The van der Waals surface area contributed by atoms with Gasteiger partial charge >= 0.3 is 0 Å². The van der Waals surface area contributed by atoms with Gasteiger partial charge in [-0.1, -0.05) is 5.16 Å². The van der Waals surface area contributed by atoms with E-state index >= 15 is 0 Å². The van der Waals surface area contributed by atoms with E-state index in [-0.39, 0.29) is 5.91 Å². The monoisotopic (exact) mass is 344 g/mol. The minimum Gasteiger partial charge on any atom is -0.361 e. The van der Waals surface area contributed by atoms with Crippen molar-refractivity contribution in [3.63, 3.8) is 0 Å². The van der Waals surface area contributed by atoms with Crippen LogP contribution in [0.15, 0.2) is 4.52 Å². The quantitative estimate of drug-likeness (QED) is 0.907. The fourth-order valence-electron chi connectivity index (χ4n) is 3.01. The lowest BCUT2D eigenvalue weighted by molar-refractivity contribution is 0.102. The van der Waals surface area contributed by atoms with Crippen LogP contribution in [0.2, 0.25) is 0 Å². The fourth-order valence-corrected chi connectivity index (χ4v) is 3.01. The maximum Gasteiger partial charge on any atom is 0.261 e. The Hall–Kier alpha value is -2.48. The third kappa shape index (κ3) is 3.48. The number of carbonyl (C=O) groups excluding carboxylic acids is 1. The molecule has 0 radical (unpaired) electrons. The van der Waals surface area contributed by atoms with E-state index in [1.165, 1.54) is 0 Å². The predicted octanol–water partition coefficient (Wildman–Crippen LogP) is 1.70. The van der Waals surface area contributed by atoms with Crippen LogP contribution in [0.3, 0.4) is 0 Å². The van der Waals surface area contributed by atoms with Crippen LogP contribution in [0.5, 0.6) is 0 Å². The molecule has 0 bridgehead atoms. The van der Waals surface area contributed by atoms with E-state index in [0.717, 1.165) is 43.5 Å². The Bertz CT molecular complexity index is 750. The standard InChI is InChI=1S/C17H24N6O2/c1-10-14(13(4)25-21-10)16(24)20-15-11(2)18-17(19-12(15)3)23-8-6-22(5)7-9-23/h6-9H2,1-5H3,(H,20,24). The molecule has 0 atom stereocenters. The zero-order valence-electron chi connectivity index (χ0n) is 15.4. The van der Waals surface area contributed by atoms with Crippen LogP contribution in [0.25, 0.3) is 0 Å². The van der Waals surface area contributed by atoms with E-state index in [0.29, 0.717) is 22.7 Å². The van der Waals surface area contributed by atoms with Crippen molar-refractivity contribution in [3.8, 4) is 0 Å². The Balaban J connectivity index is 1.82. The van der Waals surface area contributed by atoms with Crippen molar-refractivity contribution in [2.45, 2.75) is 27.7 Å². The first-order valence-corrected chi connectivity index (χ1v) is 8.39. The second kappa shape index (κ2) is 6.79. The molecule has 1 aliphatic heterocycles. The summed E-state index contributed by atoms with van der Waals surface area (Å²) in [6.07, 6.45) is 0. The number of likely N-dealkylation sites (N-methyl/N-ethyl adjacent to an activating group) is 1. The molecule has 1 N–H and O–H groups in total. The molecule has 0 saturated carbocycles. The summed E-state index contributed by atoms with van der Waals surface area (Å²) in [6.45, 7) is 11.0. The van der Waals surface area contributed by atoms with Crippen molar-refractivity contribution in [3.05, 3.63) is 28.4 Å². The van der Waals surface area contributed by atoms with Gasteiger partial charge in [-0.15, -0.1) is 0 Å². The number of hydrogen-bond donors (Lipinski definition) is 1. The van der Waals surface area contributed by atoms with Crippen LogP contribution in [-0.2, 0) is 0 Å². The Kier molecular flexibility index (Phi) is 4.71. The number of piperazine rings is 1. The molecule has 0 unspecified atom stereocenters. The summed E-state index contributed by atoms with van der Waals surface area (Å²) in [5, 5.41) is 6.74. The van der Waals surface area contributed by atoms with E-state index in [1.807, 2.05) is 13.8 Å². The average molecular weight is 344 g/mol. The molecule has 1 aliphatic rings. The molecule has 1 fully saturated rings. The molecule has 3 rings (SSSR count). The van der Waals surface area contributed by atoms with Crippen LogP contribution < -0.4 is 10.2 Å². The summed E-state index contributed by atoms with van der Waals surface area (Å²) in [5.41, 5.74) is 3.17. The highest BCUT2D eigenvalue weighted by Gasteiger charge is 2.22. The summed E-state index contributed by atoms with van der Waals surface area (Å²) in [5.74, 6) is 0.970. The maximum absolute atomic E-state index is 12.6. The van der Waals surface area contributed by atoms with Gasteiger partial charge in [-0.25, -0.2) is 9.97 Å². The molecule has 8 nitrogen and oxygen atoms in total. The topological polar surface area (TPSA) is 87.4 Å². The van der Waals surface area contributed by atoms with Crippen LogP contribution in [0, 0.1) is 27.7 Å². The summed E-state index contributed by atoms with van der Waals surface area (Å²) < 4.78 is 5.07. The maximum atomic E-state index is 12.6. The first kappa shape index (κ1) is 17.3. The van der Waals surface area contributed by atoms with Gasteiger partial charge in [0, 0.05) is 26.2 Å². The lowest BCUT2D eigenvalue weighted by Gasteiger charge is -2.32. The highest BCUT2D eigenvalue weighted by molar-refractivity contribution is 6.06. The lowest BCUT2D eigenvalue weighted by atomic mass is 10.2. The van der Waals surface area contributed by atoms with E-state index in [2.05, 4.69) is 37.3 Å². The third-order valence-electron chi connectivity index (χ3n) is 4.54. The first-order chi connectivity index (χ1) is 11.9. The number of aryl methyl sites for hydroxylation is 4. The van der Waals surface area contributed by atoms with Gasteiger partial charge in [-0.2, -0.15) is 0 Å². The van der Waals surface area contributed by atoms with E-state index in [9.17, 15) is 4.79 Å². The SMILES string of the molecule is Cc1nc(N2CCN(C)CC2)nc(C)c1NC(=O)c1c(C)noc1C. The molecule has 25 heavy (non-hydrogen) atoms. The Morgan fingerprint density at radius 3 is 2.12 bits per heavy atom. The highest BCUT2D eigenvalue weighted by atomic mass is 16.5. The second-order valence-corrected chi connectivity index (χ2v) is 6.51. The van der Waals surface area contributed by atoms with Gasteiger partial charge in [-0.05, 0) is 34.7 Å². The zero-order valence-corrected chi connectivity index (χ0v) is 15.4. The number of nitrogens with one attached hydrogen (secondary N) is 1. The molecular formula is C17H24N6O2. The molecule has 2 aromatic heterocycles. The fraction of sp³-hybridized carbons (Fsp3) is 0.529. The van der Waals surface area contributed by atoms with Gasteiger partial charge in [0.15, 0.2) is 0 Å². The van der Waals surface area contributed by atoms with Gasteiger partial charge in [0.25, 0.3) is 5.91 Å². The van der Waals surface area contributed by atoms with Gasteiger partial charge in [0.1, 0.15) is 11.3 Å². The van der Waals surface area contributed by atoms with Gasteiger partial charge in [0.2, 0.25) is 5.95 Å². The smallest absolute Gasteiger partial charge is 0.261 e. The third-order valence-corrected chi connectivity index (χ3v) is 4.54. The van der Waals surface area contributed by atoms with Crippen LogP contribution in [0.1, 0.15) is 33.2 Å². The number of nitrogens with zero attached hydrogens (tertiary/aromatic N) is 5. The number of amides is 1. The molecule has 1 amide bonds. The van der Waals surface area contributed by atoms with Crippen LogP contribution in [0.4, 0.5) is 11.6 Å². The summed E-state index contributed by atoms with van der Waals surface area (Å²) in [4.78, 5) is 26.2. The molecular weight excluding hydrogens is 320 g/mol. The van der Waals surface area contributed by atoms with E-state index in [1.54, 1.807) is 13.8 Å². The van der Waals surface area contributed by atoms with Crippen molar-refractivity contribution in [1.82, 2.24) is 20.0 Å². The number of rotatable bonds is 3. The van der Waals surface area contributed by atoms with Crippen LogP contribution in [-0.4, -0.2) is 59.2 Å². The lowest BCUT2D eigenvalue weighted by Crippen LogP contribution is -2.45. The van der Waals surface area contributed by atoms with Gasteiger partial charge in [-0.3, -0.25) is 4.79 Å². The Morgan fingerprint density at radius 2 is 1.60 bits per heavy atom. The molecule has 0 aliphatic carbocycles. The molecule has 0 aromatic carbocycles. The number of hydrogen-bond acceptors (Lipinski definition) is 7. The average Bonchev–Trinajstić information content (AvgIpc) is 2.90. The summed E-state index contributed by atoms with van der Waals surface area (Å²) >= 11 is 0. The second-order valence-electron chi connectivity index (χ2n) is 6.51. The molecule has 2 aromatic rings. The molecule has 8 heteroatoms. The van der Waals surface area contributed by atoms with Crippen molar-refractivity contribution in [2.24, 2.45) is 0 Å². The first-order valence-electron chi connectivity index (χ1n) is 8.39. The van der Waals surface area contributed by atoms with E-state index < -0.39 is 0 Å². The molecule has 1 saturated heterocycles.